The molecular formula is C53H87N17O17. The Morgan fingerprint density at radius 2 is 0.989 bits per heavy atom. The molecule has 0 aromatic carbocycles. The topological polar surface area (TPSA) is 539 Å². The summed E-state index contributed by atoms with van der Waals surface area (Å²) in [5.41, 5.74) is 11.8. The van der Waals surface area contributed by atoms with Crippen LogP contribution in [-0.2, 0) is 70.4 Å². The highest BCUT2D eigenvalue weighted by Gasteiger charge is 2.42. The van der Waals surface area contributed by atoms with Gasteiger partial charge in [-0.3, -0.25) is 57.5 Å². The standard InChI is InChI=1S/C53H87N17O17/c1-7-26(3)40(51(84)64-35(17-31-19-57-25-59-31)46(79)65-36(21-72)47(80)60-28(5)42(75)62-33(12-9-10-14-54)44(77)61-29(6)53(86)87)68-49(82)38(23-74)66-45(78)34(16-30-18-56-24-58-30)63-48(81)37(22-73)67-50(83)39-13-11-15-70(39)52(85)41(27(4)8-2)69-43(76)32(55)20-71/h18-19,24-29,32-41,71-74H,7-17,20-23,54-55H2,1-6H3,(H,56,58)(H,57,59)(H,60,80)(H,61,77)(H,62,75)(H,63,81)(H,64,84)(H,65,79)(H,66,78)(H,67,83)(H,68,82)(H,69,76)(H,86,87)/t26-,27-,28-,29-,32-,33-,34-,35-,36-,37-,38-,39-,40-,41-/m0/s1. The third-order valence-corrected chi connectivity index (χ3v) is 14.7. The molecule has 14 atom stereocenters. The van der Waals surface area contributed by atoms with Gasteiger partial charge in [-0.05, 0) is 64.3 Å². The van der Waals surface area contributed by atoms with Gasteiger partial charge in [0.2, 0.25) is 65.0 Å². The molecule has 0 radical (unpaired) electrons. The maximum absolute atomic E-state index is 14.3. The van der Waals surface area contributed by atoms with Crippen molar-refractivity contribution in [2.75, 3.05) is 39.5 Å². The van der Waals surface area contributed by atoms with Gasteiger partial charge in [0.1, 0.15) is 72.5 Å². The Morgan fingerprint density at radius 1 is 0.552 bits per heavy atom. The number of rotatable bonds is 38. The monoisotopic (exact) mass is 1230 g/mol. The van der Waals surface area contributed by atoms with Crippen LogP contribution in [0.5, 0.6) is 0 Å². The molecule has 0 saturated carbocycles. The number of aliphatic carboxylic acids is 1. The first kappa shape index (κ1) is 73.1. The van der Waals surface area contributed by atoms with Crippen LogP contribution >= 0.6 is 0 Å². The molecule has 34 nitrogen and oxygen atoms in total. The fourth-order valence-electron chi connectivity index (χ4n) is 8.86. The second kappa shape index (κ2) is 36.7. The summed E-state index contributed by atoms with van der Waals surface area (Å²) in [5.74, 6) is -12.7. The Hall–Kier alpha value is -8.18. The Morgan fingerprint density at radius 3 is 1.47 bits per heavy atom. The molecule has 1 aliphatic rings. The van der Waals surface area contributed by atoms with E-state index in [0.29, 0.717) is 31.4 Å². The number of hydrogen-bond donors (Lipinski definition) is 19. The minimum Gasteiger partial charge on any atom is -0.480 e. The Balaban J connectivity index is 1.78. The first-order valence-electron chi connectivity index (χ1n) is 28.7. The van der Waals surface area contributed by atoms with Crippen molar-refractivity contribution < 1.29 is 83.1 Å². The number of nitrogens with two attached hydrogens (primary N) is 2. The Bertz CT molecular complexity index is 2610. The highest BCUT2D eigenvalue weighted by molar-refractivity contribution is 5.99. The number of imidazole rings is 2. The summed E-state index contributed by atoms with van der Waals surface area (Å²) >= 11 is 0. The van der Waals surface area contributed by atoms with E-state index in [0.717, 1.165) is 0 Å². The van der Waals surface area contributed by atoms with Crippen LogP contribution in [0.25, 0.3) is 0 Å². The number of aromatic nitrogens is 4. The second-order valence-corrected chi connectivity index (χ2v) is 21.3. The molecule has 87 heavy (non-hydrogen) atoms. The molecule has 0 aliphatic carbocycles. The van der Waals surface area contributed by atoms with Crippen LogP contribution in [0.15, 0.2) is 25.0 Å². The molecule has 1 aliphatic heterocycles. The molecule has 2 aromatic rings. The van der Waals surface area contributed by atoms with Gasteiger partial charge in [-0.15, -0.1) is 0 Å². The van der Waals surface area contributed by atoms with Gasteiger partial charge in [0.05, 0.1) is 39.1 Å². The molecule has 0 bridgehead atoms. The number of H-pyrrole nitrogens is 2. The number of nitrogens with one attached hydrogen (secondary N) is 12. The van der Waals surface area contributed by atoms with Crippen LogP contribution in [0.3, 0.4) is 0 Å². The summed E-state index contributed by atoms with van der Waals surface area (Å²) in [4.78, 5) is 176. The highest BCUT2D eigenvalue weighted by atomic mass is 16.4. The number of aliphatic hydroxyl groups is 4. The molecule has 0 spiro atoms. The molecule has 1 saturated heterocycles. The summed E-state index contributed by atoms with van der Waals surface area (Å²) < 4.78 is 0. The van der Waals surface area contributed by atoms with E-state index in [1.54, 1.807) is 27.7 Å². The van der Waals surface area contributed by atoms with E-state index in [1.165, 1.54) is 43.8 Å². The molecule has 11 amide bonds. The molecule has 1 fully saturated rings. The van der Waals surface area contributed by atoms with E-state index >= 15 is 0 Å². The number of aromatic amines is 2. The van der Waals surface area contributed by atoms with Gasteiger partial charge >= 0.3 is 5.97 Å². The summed E-state index contributed by atoms with van der Waals surface area (Å²) in [6.07, 6.45) is 6.69. The molecular weight excluding hydrogens is 1150 g/mol. The predicted octanol–water partition coefficient (Wildman–Crippen LogP) is -7.60. The number of carbonyl (C=O) groups excluding carboxylic acids is 11. The molecule has 0 unspecified atom stereocenters. The summed E-state index contributed by atoms with van der Waals surface area (Å²) in [7, 11) is 0. The van der Waals surface area contributed by atoms with E-state index in [-0.39, 0.29) is 50.9 Å². The summed E-state index contributed by atoms with van der Waals surface area (Å²) in [6.45, 7) is 5.83. The molecule has 2 aromatic heterocycles. The fraction of sp³-hybridized carbons (Fsp3) is 0.660. The van der Waals surface area contributed by atoms with Crippen LogP contribution in [-0.4, -0.2) is 233 Å². The largest absolute Gasteiger partial charge is 0.480 e. The van der Waals surface area contributed by atoms with Crippen LogP contribution in [0.2, 0.25) is 0 Å². The van der Waals surface area contributed by atoms with Gasteiger partial charge in [0, 0.05) is 43.2 Å². The maximum Gasteiger partial charge on any atom is 0.325 e. The first-order valence-corrected chi connectivity index (χ1v) is 28.7. The van der Waals surface area contributed by atoms with Crippen molar-refractivity contribution in [2.45, 2.75) is 172 Å². The minimum absolute atomic E-state index is 0.0689. The lowest BCUT2D eigenvalue weighted by atomic mass is 9.97. The number of carbonyl (C=O) groups is 12. The molecule has 34 heteroatoms. The summed E-state index contributed by atoms with van der Waals surface area (Å²) in [5, 5.41) is 74.0. The zero-order valence-corrected chi connectivity index (χ0v) is 49.6. The van der Waals surface area contributed by atoms with Gasteiger partial charge in [0.15, 0.2) is 0 Å². The number of nitrogens with zero attached hydrogens (tertiary/aromatic N) is 3. The van der Waals surface area contributed by atoms with E-state index in [2.05, 4.69) is 73.1 Å². The number of aliphatic hydroxyl groups excluding tert-OH is 4. The minimum atomic E-state index is -1.81. The van der Waals surface area contributed by atoms with Crippen molar-refractivity contribution in [1.82, 2.24) is 78.0 Å². The van der Waals surface area contributed by atoms with E-state index in [1.807, 2.05) is 0 Å². The number of hydrogen-bond acceptors (Lipinski definition) is 20. The van der Waals surface area contributed by atoms with E-state index in [9.17, 15) is 83.1 Å². The van der Waals surface area contributed by atoms with Crippen LogP contribution in [0, 0.1) is 11.8 Å². The Kier molecular flexibility index (Phi) is 30.9. The molecule has 3 rings (SSSR count). The number of amides is 11. The zero-order valence-electron chi connectivity index (χ0n) is 49.6. The highest BCUT2D eigenvalue weighted by Crippen LogP contribution is 2.22. The average molecular weight is 1230 g/mol. The van der Waals surface area contributed by atoms with E-state index in [4.69, 9.17) is 11.5 Å². The smallest absolute Gasteiger partial charge is 0.325 e. The van der Waals surface area contributed by atoms with Gasteiger partial charge in [-0.25, -0.2) is 9.97 Å². The quantitative estimate of drug-likeness (QED) is 0.0278. The van der Waals surface area contributed by atoms with Crippen LogP contribution in [0.4, 0.5) is 0 Å². The number of unbranched alkanes of at least 4 members (excludes halogenated alkanes) is 1. The maximum atomic E-state index is 14.3. The van der Waals surface area contributed by atoms with Gasteiger partial charge < -0.3 is 105 Å². The van der Waals surface area contributed by atoms with E-state index < -0.39 is 182 Å². The first-order chi connectivity index (χ1) is 41.3. The van der Waals surface area contributed by atoms with Crippen molar-refractivity contribution in [1.29, 1.82) is 0 Å². The average Bonchev–Trinajstić information content (AvgIpc) is 4.08. The van der Waals surface area contributed by atoms with Crippen molar-refractivity contribution in [3.05, 3.63) is 36.4 Å². The third kappa shape index (κ3) is 22.6. The fourth-order valence-corrected chi connectivity index (χ4v) is 8.86. The predicted molar refractivity (Wildman–Crippen MR) is 306 cm³/mol. The lowest BCUT2D eigenvalue weighted by molar-refractivity contribution is -0.143. The van der Waals surface area contributed by atoms with Gasteiger partial charge in [-0.2, -0.15) is 0 Å². The zero-order chi connectivity index (χ0) is 65.1. The van der Waals surface area contributed by atoms with Crippen molar-refractivity contribution in [3.63, 3.8) is 0 Å². The Labute approximate surface area is 501 Å². The van der Waals surface area contributed by atoms with Crippen LogP contribution < -0.4 is 64.6 Å². The number of likely N-dealkylation sites (tertiary alicyclic amines) is 1. The molecule has 486 valence electrons. The second-order valence-electron chi connectivity index (χ2n) is 21.3. The van der Waals surface area contributed by atoms with Crippen molar-refractivity contribution >= 4 is 70.9 Å². The van der Waals surface area contributed by atoms with Gasteiger partial charge in [0.25, 0.3) is 0 Å². The molecule has 3 heterocycles. The van der Waals surface area contributed by atoms with Gasteiger partial charge in [-0.1, -0.05) is 40.5 Å². The number of carboxylic acids is 1. The number of carboxylic acid groups (broad SMARTS) is 1. The van der Waals surface area contributed by atoms with Crippen LogP contribution in [0.1, 0.15) is 97.9 Å². The normalized spacial score (nSPS) is 17.5. The van der Waals surface area contributed by atoms with Crippen molar-refractivity contribution in [2.24, 2.45) is 23.3 Å². The summed E-state index contributed by atoms with van der Waals surface area (Å²) in [6, 6.07) is -17.4. The SMILES string of the molecule is CC[C@H](C)[C@H](NC(=O)[C@H](CO)NC(=O)[C@H](Cc1cnc[nH]1)NC(=O)[C@H](CO)NC(=O)[C@@H]1CCCN1C(=O)[C@@H](NC(=O)[C@@H](N)CO)[C@@H](C)CC)C(=O)N[C@@H](Cc1cnc[nH]1)C(=O)N[C@@H](CO)C(=O)N[C@@H](C)C(=O)N[C@@H](CCCCN)C(=O)N[C@@H](C)C(=O)O. The molecule has 21 N–H and O–H groups in total. The lowest BCUT2D eigenvalue weighted by Gasteiger charge is -2.32. The van der Waals surface area contributed by atoms with Crippen molar-refractivity contribution in [3.8, 4) is 0 Å². The lowest BCUT2D eigenvalue weighted by Crippen LogP contribution is -2.62. The third-order valence-electron chi connectivity index (χ3n) is 14.7.